The largest absolute Gasteiger partial charge is 0.370 e. The van der Waals surface area contributed by atoms with Crippen LogP contribution >= 0.6 is 0 Å². The van der Waals surface area contributed by atoms with E-state index in [4.69, 9.17) is 5.73 Å². The summed E-state index contributed by atoms with van der Waals surface area (Å²) in [4.78, 5) is 8.22. The minimum atomic E-state index is -0.0107. The Bertz CT molecular complexity index is 302. The van der Waals surface area contributed by atoms with Crippen LogP contribution < -0.4 is 11.1 Å². The van der Waals surface area contributed by atoms with Gasteiger partial charge in [0.15, 0.2) is 5.96 Å². The van der Waals surface area contributed by atoms with Gasteiger partial charge in [-0.25, -0.2) is 4.98 Å². The highest BCUT2D eigenvalue weighted by Gasteiger charge is 2.08. The molecule has 4 N–H and O–H groups in total. The van der Waals surface area contributed by atoms with Gasteiger partial charge in [0.1, 0.15) is 12.2 Å². The van der Waals surface area contributed by atoms with Crippen molar-refractivity contribution in [3.05, 3.63) is 12.2 Å². The molecule has 0 aromatic carbocycles. The molecule has 0 radical (unpaired) electrons. The number of guanidine groups is 1. The van der Waals surface area contributed by atoms with E-state index in [1.54, 1.807) is 0 Å². The summed E-state index contributed by atoms with van der Waals surface area (Å²) in [5.41, 5.74) is 5.71. The van der Waals surface area contributed by atoms with E-state index in [-0.39, 0.29) is 6.04 Å². The fourth-order valence-corrected chi connectivity index (χ4v) is 1.04. The molecule has 0 aliphatic rings. The number of rotatable bonds is 4. The molecule has 6 heteroatoms. The zero-order valence-electron chi connectivity index (χ0n) is 9.36. The second-order valence-corrected chi connectivity index (χ2v) is 3.86. The number of aromatic amines is 1. The van der Waals surface area contributed by atoms with Crippen molar-refractivity contribution in [3.63, 3.8) is 0 Å². The minimum Gasteiger partial charge on any atom is -0.370 e. The summed E-state index contributed by atoms with van der Waals surface area (Å²) in [6.07, 6.45) is 1.47. The van der Waals surface area contributed by atoms with E-state index in [0.29, 0.717) is 11.9 Å². The molecule has 1 rings (SSSR count). The fourth-order valence-electron chi connectivity index (χ4n) is 1.04. The Balaban J connectivity index is 2.44. The second-order valence-electron chi connectivity index (χ2n) is 3.86. The van der Waals surface area contributed by atoms with E-state index in [2.05, 4.69) is 39.3 Å². The smallest absolute Gasteiger partial charge is 0.189 e. The lowest BCUT2D eigenvalue weighted by Gasteiger charge is -2.11. The Morgan fingerprint density at radius 3 is 2.87 bits per heavy atom. The predicted molar refractivity (Wildman–Crippen MR) is 59.3 cm³/mol. The number of aliphatic imine (C=N–C) groups is 1. The van der Waals surface area contributed by atoms with Crippen molar-refractivity contribution in [2.45, 2.75) is 26.8 Å². The van der Waals surface area contributed by atoms with Gasteiger partial charge in [0.2, 0.25) is 0 Å². The van der Waals surface area contributed by atoms with E-state index in [1.807, 2.05) is 6.92 Å². The second kappa shape index (κ2) is 5.33. The van der Waals surface area contributed by atoms with E-state index >= 15 is 0 Å². The number of nitrogens with zero attached hydrogens (tertiary/aromatic N) is 3. The van der Waals surface area contributed by atoms with E-state index in [0.717, 1.165) is 12.4 Å². The lowest BCUT2D eigenvalue weighted by atomic mass is 10.2. The van der Waals surface area contributed by atoms with Gasteiger partial charge in [0.25, 0.3) is 0 Å². The maximum absolute atomic E-state index is 5.71. The van der Waals surface area contributed by atoms with E-state index < -0.39 is 0 Å². The summed E-state index contributed by atoms with van der Waals surface area (Å²) in [5, 5.41) is 9.57. The number of nitrogens with two attached hydrogens (primary N) is 1. The quantitative estimate of drug-likeness (QED) is 0.496. The van der Waals surface area contributed by atoms with Gasteiger partial charge in [-0.05, 0) is 12.8 Å². The van der Waals surface area contributed by atoms with Crippen LogP contribution in [0.1, 0.15) is 32.6 Å². The summed E-state index contributed by atoms with van der Waals surface area (Å²) in [6.45, 7) is 6.85. The summed E-state index contributed by atoms with van der Waals surface area (Å²) < 4.78 is 0. The van der Waals surface area contributed by atoms with Crippen LogP contribution in [-0.2, 0) is 0 Å². The Labute approximate surface area is 89.4 Å². The van der Waals surface area contributed by atoms with Crippen molar-refractivity contribution in [2.75, 3.05) is 6.54 Å². The molecule has 1 aromatic rings. The van der Waals surface area contributed by atoms with Crippen molar-refractivity contribution in [3.8, 4) is 0 Å². The van der Waals surface area contributed by atoms with Gasteiger partial charge in [-0.1, -0.05) is 13.8 Å². The molecule has 1 aromatic heterocycles. The number of H-pyrrole nitrogens is 1. The van der Waals surface area contributed by atoms with Gasteiger partial charge >= 0.3 is 0 Å². The fraction of sp³-hybridized carbons (Fsp3) is 0.667. The van der Waals surface area contributed by atoms with Crippen molar-refractivity contribution >= 4 is 5.96 Å². The lowest BCUT2D eigenvalue weighted by molar-refractivity contribution is 0.638. The number of hydrogen-bond acceptors (Lipinski definition) is 3. The first-order valence-electron chi connectivity index (χ1n) is 5.01. The molecule has 0 fully saturated rings. The first-order chi connectivity index (χ1) is 7.09. The zero-order chi connectivity index (χ0) is 11.3. The summed E-state index contributed by atoms with van der Waals surface area (Å²) in [7, 11) is 0. The molecule has 0 bridgehead atoms. The molecule has 0 saturated carbocycles. The van der Waals surface area contributed by atoms with Crippen LogP contribution in [0.25, 0.3) is 0 Å². The van der Waals surface area contributed by atoms with Crippen LogP contribution in [0.15, 0.2) is 11.3 Å². The Hall–Kier alpha value is -1.59. The third kappa shape index (κ3) is 3.97. The normalized spacial score (nSPS) is 14.3. The van der Waals surface area contributed by atoms with Crippen LogP contribution in [0.5, 0.6) is 0 Å². The van der Waals surface area contributed by atoms with Crippen molar-refractivity contribution in [1.82, 2.24) is 20.5 Å². The minimum absolute atomic E-state index is 0.0107. The molecule has 15 heavy (non-hydrogen) atoms. The molecule has 0 spiro atoms. The highest BCUT2D eigenvalue weighted by Crippen LogP contribution is 2.02. The third-order valence-corrected chi connectivity index (χ3v) is 1.83. The monoisotopic (exact) mass is 210 g/mol. The molecule has 0 aliphatic heterocycles. The van der Waals surface area contributed by atoms with Gasteiger partial charge in [-0.15, -0.1) is 0 Å². The van der Waals surface area contributed by atoms with E-state index in [1.165, 1.54) is 6.33 Å². The van der Waals surface area contributed by atoms with Crippen molar-refractivity contribution < 1.29 is 0 Å². The van der Waals surface area contributed by atoms with Gasteiger partial charge in [-0.2, -0.15) is 5.10 Å². The molecule has 0 saturated heterocycles. The van der Waals surface area contributed by atoms with Crippen molar-refractivity contribution in [1.29, 1.82) is 0 Å². The molecular formula is C9H18N6. The van der Waals surface area contributed by atoms with E-state index in [9.17, 15) is 0 Å². The first kappa shape index (κ1) is 11.5. The molecule has 0 aliphatic carbocycles. The summed E-state index contributed by atoms with van der Waals surface area (Å²) in [6, 6.07) is -0.0107. The molecule has 1 heterocycles. The average molecular weight is 210 g/mol. The Morgan fingerprint density at radius 1 is 1.60 bits per heavy atom. The highest BCUT2D eigenvalue weighted by atomic mass is 15.2. The predicted octanol–water partition coefficient (Wildman–Crippen LogP) is 0.426. The molecular weight excluding hydrogens is 192 g/mol. The molecule has 0 amide bonds. The average Bonchev–Trinajstić information content (AvgIpc) is 2.67. The van der Waals surface area contributed by atoms with Crippen LogP contribution in [-0.4, -0.2) is 27.7 Å². The Morgan fingerprint density at radius 2 is 2.33 bits per heavy atom. The van der Waals surface area contributed by atoms with Crippen LogP contribution in [0.3, 0.4) is 0 Å². The molecule has 1 unspecified atom stereocenters. The van der Waals surface area contributed by atoms with Gasteiger partial charge in [0.05, 0.1) is 6.04 Å². The van der Waals surface area contributed by atoms with Gasteiger partial charge in [0, 0.05) is 6.54 Å². The van der Waals surface area contributed by atoms with Crippen LogP contribution in [0.2, 0.25) is 0 Å². The SMILES string of the molecule is CC(C)CN=C(N)NC(C)c1ncn[nH]1. The maximum Gasteiger partial charge on any atom is 0.189 e. The topological polar surface area (TPSA) is 92.0 Å². The summed E-state index contributed by atoms with van der Waals surface area (Å²) >= 11 is 0. The Kier molecular flexibility index (Phi) is 4.08. The lowest BCUT2D eigenvalue weighted by Crippen LogP contribution is -2.34. The number of nitrogens with one attached hydrogen (secondary N) is 2. The van der Waals surface area contributed by atoms with Gasteiger partial charge in [-0.3, -0.25) is 10.1 Å². The molecule has 84 valence electrons. The van der Waals surface area contributed by atoms with Crippen LogP contribution in [0, 0.1) is 5.92 Å². The van der Waals surface area contributed by atoms with Crippen molar-refractivity contribution in [2.24, 2.45) is 16.6 Å². The number of hydrogen-bond donors (Lipinski definition) is 3. The molecule has 1 atom stereocenters. The highest BCUT2D eigenvalue weighted by molar-refractivity contribution is 5.78. The zero-order valence-corrected chi connectivity index (χ0v) is 9.36. The standard InChI is InChI=1S/C9H18N6/c1-6(2)4-11-9(10)14-7(3)8-12-5-13-15-8/h5-7H,4H2,1-3H3,(H3,10,11,14)(H,12,13,15). The number of aromatic nitrogens is 3. The first-order valence-corrected chi connectivity index (χ1v) is 5.01. The maximum atomic E-state index is 5.71. The third-order valence-electron chi connectivity index (χ3n) is 1.83. The van der Waals surface area contributed by atoms with Gasteiger partial charge < -0.3 is 11.1 Å². The molecule has 6 nitrogen and oxygen atoms in total. The van der Waals surface area contributed by atoms with Crippen LogP contribution in [0.4, 0.5) is 0 Å². The summed E-state index contributed by atoms with van der Waals surface area (Å²) in [5.74, 6) is 1.69.